The number of ketones is 1. The van der Waals surface area contributed by atoms with E-state index in [-0.39, 0.29) is 17.9 Å². The molecule has 0 radical (unpaired) electrons. The molecular weight excluding hydrogens is 452 g/mol. The van der Waals surface area contributed by atoms with Crippen LogP contribution >= 0.6 is 0 Å². The summed E-state index contributed by atoms with van der Waals surface area (Å²) >= 11 is 0. The highest BCUT2D eigenvalue weighted by Gasteiger charge is 2.29. The van der Waals surface area contributed by atoms with E-state index in [1.807, 2.05) is 30.3 Å². The average molecular weight is 485 g/mol. The molecule has 7 nitrogen and oxygen atoms in total. The number of hydrogen-bond acceptors (Lipinski definition) is 7. The van der Waals surface area contributed by atoms with Gasteiger partial charge < -0.3 is 10.1 Å². The number of Topliss-reactive ketones (excluding diaryl/α,β-unsaturated/α-hetero) is 1. The highest BCUT2D eigenvalue weighted by molar-refractivity contribution is 5.96. The molecule has 5 rings (SSSR count). The van der Waals surface area contributed by atoms with Crippen LogP contribution in [-0.4, -0.2) is 39.7 Å². The van der Waals surface area contributed by atoms with E-state index in [9.17, 15) is 9.59 Å². The molecule has 1 N–H and O–H groups in total. The summed E-state index contributed by atoms with van der Waals surface area (Å²) < 4.78 is 5.38. The van der Waals surface area contributed by atoms with Crippen molar-refractivity contribution in [1.82, 2.24) is 14.9 Å². The number of benzene rings is 2. The summed E-state index contributed by atoms with van der Waals surface area (Å²) in [5.41, 5.74) is 4.69. The van der Waals surface area contributed by atoms with Crippen LogP contribution in [0.1, 0.15) is 65.9 Å². The fourth-order valence-corrected chi connectivity index (χ4v) is 5.23. The third-order valence-electron chi connectivity index (χ3n) is 7.15. The SMILES string of the molecule is CC(=O)OC1CCc2c(Nc3ccc(C(=O)CC4CCN(Cc5ccccc5)CC4)cc3)ncnc21. The van der Waals surface area contributed by atoms with E-state index in [4.69, 9.17) is 4.74 Å². The molecule has 2 aliphatic rings. The van der Waals surface area contributed by atoms with Gasteiger partial charge in [0.15, 0.2) is 5.78 Å². The van der Waals surface area contributed by atoms with Crippen LogP contribution in [0.2, 0.25) is 0 Å². The van der Waals surface area contributed by atoms with Crippen LogP contribution in [0, 0.1) is 5.92 Å². The smallest absolute Gasteiger partial charge is 0.303 e. The van der Waals surface area contributed by atoms with Gasteiger partial charge in [0, 0.05) is 36.7 Å². The third kappa shape index (κ3) is 5.79. The number of likely N-dealkylation sites (tertiary alicyclic amines) is 1. The number of carbonyl (C=O) groups is 2. The Balaban J connectivity index is 1.14. The van der Waals surface area contributed by atoms with Crippen molar-refractivity contribution in [1.29, 1.82) is 0 Å². The van der Waals surface area contributed by atoms with Gasteiger partial charge in [0.1, 0.15) is 18.2 Å². The largest absolute Gasteiger partial charge is 0.456 e. The predicted molar refractivity (Wildman–Crippen MR) is 138 cm³/mol. The molecule has 0 saturated carbocycles. The number of rotatable bonds is 8. The van der Waals surface area contributed by atoms with E-state index in [1.54, 1.807) is 0 Å². The Morgan fingerprint density at radius 3 is 2.47 bits per heavy atom. The summed E-state index contributed by atoms with van der Waals surface area (Å²) in [7, 11) is 0. The maximum absolute atomic E-state index is 12.9. The van der Waals surface area contributed by atoms with Crippen LogP contribution in [0.25, 0.3) is 0 Å². The van der Waals surface area contributed by atoms with Gasteiger partial charge in [0.2, 0.25) is 0 Å². The summed E-state index contributed by atoms with van der Waals surface area (Å²) in [5, 5.41) is 3.34. The first kappa shape index (κ1) is 24.1. The van der Waals surface area contributed by atoms with Gasteiger partial charge in [-0.25, -0.2) is 9.97 Å². The standard InChI is InChI=1S/C29H32N4O3/c1-20(34)36-27-12-11-25-28(27)30-19-31-29(25)32-24-9-7-23(8-10-24)26(35)17-21-13-15-33(16-14-21)18-22-5-3-2-4-6-22/h2-10,19,21,27H,11-18H2,1H3,(H,30,31,32). The lowest BCUT2D eigenvalue weighted by atomic mass is 9.89. The lowest BCUT2D eigenvalue weighted by Crippen LogP contribution is -2.33. The summed E-state index contributed by atoms with van der Waals surface area (Å²) in [4.78, 5) is 35.5. The minimum absolute atomic E-state index is 0.204. The van der Waals surface area contributed by atoms with Gasteiger partial charge in [-0.1, -0.05) is 30.3 Å². The van der Waals surface area contributed by atoms with Gasteiger partial charge in [0.05, 0.1) is 5.69 Å². The summed E-state index contributed by atoms with van der Waals surface area (Å²) in [6, 6.07) is 18.2. The zero-order chi connectivity index (χ0) is 24.9. The van der Waals surface area contributed by atoms with Crippen LogP contribution in [0.4, 0.5) is 11.5 Å². The summed E-state index contributed by atoms with van der Waals surface area (Å²) in [6.45, 7) is 4.47. The van der Waals surface area contributed by atoms with E-state index in [2.05, 4.69) is 44.5 Å². The maximum atomic E-state index is 12.9. The van der Waals surface area contributed by atoms with Crippen molar-refractivity contribution in [3.05, 3.63) is 83.3 Å². The molecule has 1 aliphatic carbocycles. The Bertz CT molecular complexity index is 1200. The topological polar surface area (TPSA) is 84.4 Å². The number of nitrogens with zero attached hydrogens (tertiary/aromatic N) is 3. The lowest BCUT2D eigenvalue weighted by molar-refractivity contribution is -0.146. The van der Waals surface area contributed by atoms with Crippen LogP contribution in [0.15, 0.2) is 60.9 Å². The van der Waals surface area contributed by atoms with E-state index in [1.165, 1.54) is 18.8 Å². The Hall–Kier alpha value is -3.58. The average Bonchev–Trinajstić information content (AvgIpc) is 3.29. The summed E-state index contributed by atoms with van der Waals surface area (Å²) in [6.07, 6.45) is 5.36. The van der Waals surface area contributed by atoms with Crippen molar-refractivity contribution in [2.45, 2.75) is 51.7 Å². The third-order valence-corrected chi connectivity index (χ3v) is 7.15. The first-order valence-corrected chi connectivity index (χ1v) is 12.7. The minimum atomic E-state index is -0.314. The Morgan fingerprint density at radius 2 is 1.75 bits per heavy atom. The molecule has 1 aliphatic heterocycles. The number of ether oxygens (including phenoxy) is 1. The van der Waals surface area contributed by atoms with Gasteiger partial charge >= 0.3 is 5.97 Å². The zero-order valence-corrected chi connectivity index (χ0v) is 20.7. The van der Waals surface area contributed by atoms with E-state index in [0.717, 1.165) is 67.2 Å². The van der Waals surface area contributed by atoms with Gasteiger partial charge in [-0.3, -0.25) is 14.5 Å². The first-order chi connectivity index (χ1) is 17.5. The first-order valence-electron chi connectivity index (χ1n) is 12.7. The minimum Gasteiger partial charge on any atom is -0.456 e. The van der Waals surface area contributed by atoms with Crippen molar-refractivity contribution in [2.24, 2.45) is 5.92 Å². The molecule has 0 bridgehead atoms. The second kappa shape index (κ2) is 11.0. The molecule has 1 atom stereocenters. The van der Waals surface area contributed by atoms with Crippen molar-refractivity contribution in [3.8, 4) is 0 Å². The molecule has 1 unspecified atom stereocenters. The van der Waals surface area contributed by atoms with Crippen LogP contribution in [0.5, 0.6) is 0 Å². The second-order valence-electron chi connectivity index (χ2n) is 9.76. The fraction of sp³-hybridized carbons (Fsp3) is 0.379. The molecule has 1 fully saturated rings. The molecule has 2 aromatic carbocycles. The zero-order valence-electron chi connectivity index (χ0n) is 20.7. The highest BCUT2D eigenvalue weighted by Crippen LogP contribution is 2.36. The summed E-state index contributed by atoms with van der Waals surface area (Å²) in [5.74, 6) is 1.06. The predicted octanol–water partition coefficient (Wildman–Crippen LogP) is 5.26. The second-order valence-corrected chi connectivity index (χ2v) is 9.76. The van der Waals surface area contributed by atoms with Crippen molar-refractivity contribution >= 4 is 23.3 Å². The molecule has 1 aromatic heterocycles. The fourth-order valence-electron chi connectivity index (χ4n) is 5.23. The Morgan fingerprint density at radius 1 is 1.00 bits per heavy atom. The molecule has 0 spiro atoms. The number of anilines is 2. The molecular formula is C29H32N4O3. The number of fused-ring (bicyclic) bond motifs is 1. The molecule has 3 aromatic rings. The molecule has 2 heterocycles. The molecule has 7 heteroatoms. The highest BCUT2D eigenvalue weighted by atomic mass is 16.5. The molecule has 186 valence electrons. The van der Waals surface area contributed by atoms with Crippen LogP contribution < -0.4 is 5.32 Å². The lowest BCUT2D eigenvalue weighted by Gasteiger charge is -2.31. The number of esters is 1. The van der Waals surface area contributed by atoms with Crippen LogP contribution in [0.3, 0.4) is 0 Å². The number of hydrogen-bond donors (Lipinski definition) is 1. The maximum Gasteiger partial charge on any atom is 0.303 e. The quantitative estimate of drug-likeness (QED) is 0.345. The molecule has 0 amide bonds. The Labute approximate surface area is 211 Å². The van der Waals surface area contributed by atoms with E-state index >= 15 is 0 Å². The normalized spacial score (nSPS) is 18.0. The van der Waals surface area contributed by atoms with E-state index < -0.39 is 0 Å². The number of nitrogens with one attached hydrogen (secondary N) is 1. The van der Waals surface area contributed by atoms with Crippen molar-refractivity contribution in [2.75, 3.05) is 18.4 Å². The van der Waals surface area contributed by atoms with E-state index in [0.29, 0.717) is 18.8 Å². The Kier molecular flexibility index (Phi) is 7.37. The number of aromatic nitrogens is 2. The van der Waals surface area contributed by atoms with Crippen LogP contribution in [-0.2, 0) is 22.5 Å². The monoisotopic (exact) mass is 484 g/mol. The number of carbonyl (C=O) groups excluding carboxylic acids is 2. The van der Waals surface area contributed by atoms with Gasteiger partial charge in [0.25, 0.3) is 0 Å². The molecule has 36 heavy (non-hydrogen) atoms. The van der Waals surface area contributed by atoms with Gasteiger partial charge in [-0.15, -0.1) is 0 Å². The molecule has 1 saturated heterocycles. The van der Waals surface area contributed by atoms with Crippen molar-refractivity contribution < 1.29 is 14.3 Å². The van der Waals surface area contributed by atoms with Gasteiger partial charge in [-0.2, -0.15) is 0 Å². The van der Waals surface area contributed by atoms with Gasteiger partial charge in [-0.05, 0) is 74.5 Å². The number of piperidine rings is 1. The van der Waals surface area contributed by atoms with Crippen molar-refractivity contribution in [3.63, 3.8) is 0 Å².